The lowest BCUT2D eigenvalue weighted by molar-refractivity contribution is 0.0520. The Labute approximate surface area is 149 Å². The number of esters is 1. The Morgan fingerprint density at radius 1 is 1.40 bits per heavy atom. The molecule has 1 aliphatic carbocycles. The molecule has 0 aliphatic heterocycles. The van der Waals surface area contributed by atoms with Gasteiger partial charge in [0, 0.05) is 11.1 Å². The Balaban J connectivity index is 1.68. The molecule has 1 aliphatic rings. The summed E-state index contributed by atoms with van der Waals surface area (Å²) in [6, 6.07) is 7.62. The van der Waals surface area contributed by atoms with Crippen molar-refractivity contribution < 1.29 is 9.53 Å². The third kappa shape index (κ3) is 3.15. The Bertz CT molecular complexity index is 901. The molecule has 3 aromatic heterocycles. The maximum absolute atomic E-state index is 12.0. The molecule has 0 radical (unpaired) electrons. The van der Waals surface area contributed by atoms with Gasteiger partial charge in [-0.15, -0.1) is 11.3 Å². The molecule has 4 rings (SSSR count). The molecule has 0 unspecified atom stereocenters. The summed E-state index contributed by atoms with van der Waals surface area (Å²) in [4.78, 5) is 25.5. The lowest BCUT2D eigenvalue weighted by atomic mass is 10.1. The first-order chi connectivity index (χ1) is 12.2. The minimum absolute atomic E-state index is 0.320. The van der Waals surface area contributed by atoms with Crippen molar-refractivity contribution in [3.63, 3.8) is 0 Å². The second kappa shape index (κ2) is 6.68. The zero-order valence-electron chi connectivity index (χ0n) is 13.8. The minimum atomic E-state index is -0.320. The largest absolute Gasteiger partial charge is 0.461 e. The van der Waals surface area contributed by atoms with Crippen LogP contribution in [0.1, 0.15) is 34.3 Å². The van der Waals surface area contributed by atoms with E-state index in [1.54, 1.807) is 24.5 Å². The van der Waals surface area contributed by atoms with E-state index in [1.165, 1.54) is 4.88 Å². The summed E-state index contributed by atoms with van der Waals surface area (Å²) in [5.41, 5.74) is 3.47. The van der Waals surface area contributed by atoms with E-state index in [0.717, 1.165) is 47.2 Å². The summed E-state index contributed by atoms with van der Waals surface area (Å²) in [6.45, 7) is 2.17. The lowest BCUT2D eigenvalue weighted by Crippen LogP contribution is -2.04. The molecule has 2 N–H and O–H groups in total. The van der Waals surface area contributed by atoms with Crippen LogP contribution in [0.5, 0.6) is 0 Å². The van der Waals surface area contributed by atoms with E-state index in [-0.39, 0.29) is 5.97 Å². The maximum atomic E-state index is 12.0. The summed E-state index contributed by atoms with van der Waals surface area (Å²) >= 11 is 1.64. The lowest BCUT2D eigenvalue weighted by Gasteiger charge is -2.00. The second-order valence-electron chi connectivity index (χ2n) is 5.79. The number of anilines is 2. The highest BCUT2D eigenvalue weighted by atomic mass is 32.1. The Morgan fingerprint density at radius 2 is 2.32 bits per heavy atom. The average Bonchev–Trinajstić information content (AvgIpc) is 3.17. The molecule has 0 atom stereocenters. The standard InChI is InChI=1S/C18H18N4O2S/c1-2-24-17(23)12-10-11-6-5-7-13-16(15(11)20-12)22-18(25-13)21-14-8-3-4-9-19-14/h3-4,8-10,20H,2,5-7H2,1H3,(H,19,21,22). The highest BCUT2D eigenvalue weighted by Gasteiger charge is 2.23. The first kappa shape index (κ1) is 15.8. The number of H-pyrrole nitrogens is 1. The van der Waals surface area contributed by atoms with Crippen LogP contribution >= 0.6 is 11.3 Å². The average molecular weight is 354 g/mol. The molecule has 25 heavy (non-hydrogen) atoms. The minimum Gasteiger partial charge on any atom is -0.461 e. The number of pyridine rings is 1. The van der Waals surface area contributed by atoms with Gasteiger partial charge in [0.1, 0.15) is 17.2 Å². The SMILES string of the molecule is CCOC(=O)c1cc2c([nH]1)-c1nc(Nc3ccccn3)sc1CCC2. The molecule has 0 aromatic carbocycles. The van der Waals surface area contributed by atoms with Gasteiger partial charge in [0.15, 0.2) is 5.13 Å². The highest BCUT2D eigenvalue weighted by Crippen LogP contribution is 2.37. The second-order valence-corrected chi connectivity index (χ2v) is 6.87. The van der Waals surface area contributed by atoms with Gasteiger partial charge in [0.25, 0.3) is 0 Å². The number of aryl methyl sites for hydroxylation is 2. The number of thiazole rings is 1. The van der Waals surface area contributed by atoms with Gasteiger partial charge in [0.05, 0.1) is 12.3 Å². The molecule has 0 amide bonds. The number of nitrogens with zero attached hydrogens (tertiary/aromatic N) is 2. The zero-order valence-corrected chi connectivity index (χ0v) is 14.7. The molecule has 0 spiro atoms. The number of carbonyl (C=O) groups excluding carboxylic acids is 1. The van der Waals surface area contributed by atoms with Crippen molar-refractivity contribution in [1.29, 1.82) is 0 Å². The fourth-order valence-electron chi connectivity index (χ4n) is 2.98. The van der Waals surface area contributed by atoms with Crippen molar-refractivity contribution in [1.82, 2.24) is 15.0 Å². The third-order valence-corrected chi connectivity index (χ3v) is 5.11. The van der Waals surface area contributed by atoms with Crippen LogP contribution in [0.25, 0.3) is 11.4 Å². The highest BCUT2D eigenvalue weighted by molar-refractivity contribution is 7.16. The fourth-order valence-corrected chi connectivity index (χ4v) is 4.00. The van der Waals surface area contributed by atoms with Crippen molar-refractivity contribution in [3.8, 4) is 11.4 Å². The molecule has 6 nitrogen and oxygen atoms in total. The van der Waals surface area contributed by atoms with E-state index in [2.05, 4.69) is 15.3 Å². The Morgan fingerprint density at radius 3 is 3.12 bits per heavy atom. The number of fused-ring (bicyclic) bond motifs is 3. The summed E-state index contributed by atoms with van der Waals surface area (Å²) in [5.74, 6) is 0.449. The van der Waals surface area contributed by atoms with E-state index >= 15 is 0 Å². The maximum Gasteiger partial charge on any atom is 0.354 e. The fraction of sp³-hybridized carbons (Fsp3) is 0.278. The van der Waals surface area contributed by atoms with Gasteiger partial charge >= 0.3 is 5.97 Å². The summed E-state index contributed by atoms with van der Waals surface area (Å²) in [6.07, 6.45) is 4.69. The first-order valence-electron chi connectivity index (χ1n) is 8.31. The predicted octanol–water partition coefficient (Wildman–Crippen LogP) is 3.94. The van der Waals surface area contributed by atoms with Crippen LogP contribution in [-0.2, 0) is 17.6 Å². The van der Waals surface area contributed by atoms with Crippen LogP contribution in [0, 0.1) is 0 Å². The van der Waals surface area contributed by atoms with E-state index in [0.29, 0.717) is 12.3 Å². The van der Waals surface area contributed by atoms with Crippen molar-refractivity contribution in [2.75, 3.05) is 11.9 Å². The Hall–Kier alpha value is -2.67. The van der Waals surface area contributed by atoms with Gasteiger partial charge in [-0.2, -0.15) is 0 Å². The topological polar surface area (TPSA) is 79.9 Å². The third-order valence-electron chi connectivity index (χ3n) is 4.08. The van der Waals surface area contributed by atoms with Crippen LogP contribution in [0.4, 0.5) is 10.9 Å². The van der Waals surface area contributed by atoms with Crippen molar-refractivity contribution >= 4 is 28.3 Å². The molecule has 3 heterocycles. The summed E-state index contributed by atoms with van der Waals surface area (Å²) in [7, 11) is 0. The van der Waals surface area contributed by atoms with E-state index in [1.807, 2.05) is 24.3 Å². The van der Waals surface area contributed by atoms with Gasteiger partial charge in [-0.1, -0.05) is 6.07 Å². The van der Waals surface area contributed by atoms with Gasteiger partial charge in [-0.25, -0.2) is 14.8 Å². The molecule has 7 heteroatoms. The Kier molecular flexibility index (Phi) is 4.23. The molecular weight excluding hydrogens is 336 g/mol. The van der Waals surface area contributed by atoms with E-state index in [9.17, 15) is 4.79 Å². The number of hydrogen-bond donors (Lipinski definition) is 2. The van der Waals surface area contributed by atoms with Crippen LogP contribution in [0.3, 0.4) is 0 Å². The van der Waals surface area contributed by atoms with Gasteiger partial charge < -0.3 is 15.0 Å². The van der Waals surface area contributed by atoms with E-state index < -0.39 is 0 Å². The van der Waals surface area contributed by atoms with Crippen molar-refractivity contribution in [2.45, 2.75) is 26.2 Å². The number of hydrogen-bond acceptors (Lipinski definition) is 6. The number of aromatic amines is 1. The zero-order chi connectivity index (χ0) is 17.2. The van der Waals surface area contributed by atoms with Gasteiger partial charge in [0.2, 0.25) is 0 Å². The molecular formula is C18H18N4O2S. The van der Waals surface area contributed by atoms with Crippen LogP contribution < -0.4 is 5.32 Å². The molecule has 0 saturated carbocycles. The summed E-state index contributed by atoms with van der Waals surface area (Å²) in [5, 5.41) is 4.06. The predicted molar refractivity (Wildman–Crippen MR) is 97.4 cm³/mol. The number of rotatable bonds is 4. The van der Waals surface area contributed by atoms with Gasteiger partial charge in [-0.3, -0.25) is 0 Å². The number of nitrogens with one attached hydrogen (secondary N) is 2. The van der Waals surface area contributed by atoms with Gasteiger partial charge in [-0.05, 0) is 49.9 Å². The smallest absolute Gasteiger partial charge is 0.354 e. The number of ether oxygens (including phenoxy) is 1. The number of aromatic nitrogens is 3. The molecule has 3 aromatic rings. The normalized spacial score (nSPS) is 12.8. The molecule has 0 saturated heterocycles. The quantitative estimate of drug-likeness (QED) is 0.694. The molecule has 0 bridgehead atoms. The van der Waals surface area contributed by atoms with E-state index in [4.69, 9.17) is 9.72 Å². The molecule has 128 valence electrons. The summed E-state index contributed by atoms with van der Waals surface area (Å²) < 4.78 is 5.10. The van der Waals surface area contributed by atoms with Crippen molar-refractivity contribution in [2.24, 2.45) is 0 Å². The van der Waals surface area contributed by atoms with Crippen LogP contribution in [0.2, 0.25) is 0 Å². The first-order valence-corrected chi connectivity index (χ1v) is 9.13. The van der Waals surface area contributed by atoms with Crippen LogP contribution in [0.15, 0.2) is 30.5 Å². The van der Waals surface area contributed by atoms with Crippen LogP contribution in [-0.4, -0.2) is 27.5 Å². The molecule has 0 fully saturated rings. The number of carbonyl (C=O) groups is 1. The monoisotopic (exact) mass is 354 g/mol. The van der Waals surface area contributed by atoms with Crippen molar-refractivity contribution in [3.05, 3.63) is 46.6 Å².